The van der Waals surface area contributed by atoms with Gasteiger partial charge in [0.15, 0.2) is 0 Å². The molecule has 3 heterocycles. The van der Waals surface area contributed by atoms with Crippen LogP contribution in [0.5, 0.6) is 0 Å². The summed E-state index contributed by atoms with van der Waals surface area (Å²) in [6.45, 7) is 5.75. The van der Waals surface area contributed by atoms with Gasteiger partial charge in [0.2, 0.25) is 5.95 Å². The lowest BCUT2D eigenvalue weighted by atomic mass is 10.1. The van der Waals surface area contributed by atoms with Gasteiger partial charge in [-0.05, 0) is 24.1 Å². The Bertz CT molecular complexity index is 1540. The molecular weight excluding hydrogens is 530 g/mol. The van der Waals surface area contributed by atoms with Crippen LogP contribution in [0.15, 0.2) is 78.9 Å². The van der Waals surface area contributed by atoms with E-state index in [1.165, 1.54) is 0 Å². The zero-order chi connectivity index (χ0) is 28.9. The van der Waals surface area contributed by atoms with Crippen molar-refractivity contribution < 1.29 is 14.3 Å². The molecular formula is C32H35N7O3. The first kappa shape index (κ1) is 27.5. The number of nitrogens with zero attached hydrogens (tertiary/aromatic N) is 6. The van der Waals surface area contributed by atoms with Gasteiger partial charge >= 0.3 is 6.09 Å². The summed E-state index contributed by atoms with van der Waals surface area (Å²) >= 11 is 0. The number of piperazine rings is 2. The van der Waals surface area contributed by atoms with Crippen LogP contribution in [-0.4, -0.2) is 91.2 Å². The maximum absolute atomic E-state index is 13.6. The van der Waals surface area contributed by atoms with Crippen molar-refractivity contribution in [1.82, 2.24) is 19.8 Å². The van der Waals surface area contributed by atoms with E-state index < -0.39 is 0 Å². The van der Waals surface area contributed by atoms with Gasteiger partial charge in [0.1, 0.15) is 18.1 Å². The molecule has 1 N–H and O–H groups in total. The Morgan fingerprint density at radius 3 is 2.26 bits per heavy atom. The molecule has 0 aliphatic carbocycles. The fraction of sp³-hybridized carbons (Fsp3) is 0.312. The van der Waals surface area contributed by atoms with E-state index in [1.807, 2.05) is 72.8 Å². The minimum absolute atomic E-state index is 0.245. The zero-order valence-corrected chi connectivity index (χ0v) is 23.8. The van der Waals surface area contributed by atoms with E-state index in [0.29, 0.717) is 43.6 Å². The van der Waals surface area contributed by atoms with Gasteiger partial charge in [-0.2, -0.15) is 4.98 Å². The Balaban J connectivity index is 1.19. The molecule has 0 spiro atoms. The molecule has 2 amide bonds. The van der Waals surface area contributed by atoms with Crippen molar-refractivity contribution in [3.05, 3.63) is 90.1 Å². The fourth-order valence-electron chi connectivity index (χ4n) is 5.30. The minimum Gasteiger partial charge on any atom is -0.445 e. The van der Waals surface area contributed by atoms with E-state index in [0.717, 1.165) is 48.2 Å². The normalized spacial score (nSPS) is 16.0. The third-order valence-corrected chi connectivity index (χ3v) is 7.82. The summed E-state index contributed by atoms with van der Waals surface area (Å²) in [5.74, 6) is 0.946. The van der Waals surface area contributed by atoms with Gasteiger partial charge in [0.05, 0.1) is 0 Å². The number of likely N-dealkylation sites (N-methyl/N-ethyl adjacent to an activating group) is 1. The molecule has 216 valence electrons. The molecule has 10 heteroatoms. The summed E-state index contributed by atoms with van der Waals surface area (Å²) < 4.78 is 5.53. The summed E-state index contributed by atoms with van der Waals surface area (Å²) in [5, 5.41) is 5.10. The van der Waals surface area contributed by atoms with Crippen LogP contribution >= 0.6 is 0 Å². The van der Waals surface area contributed by atoms with Crippen molar-refractivity contribution in [2.45, 2.75) is 6.61 Å². The van der Waals surface area contributed by atoms with Gasteiger partial charge in [0.25, 0.3) is 5.91 Å². The van der Waals surface area contributed by atoms with E-state index in [4.69, 9.17) is 14.7 Å². The molecule has 0 atom stereocenters. The lowest BCUT2D eigenvalue weighted by Crippen LogP contribution is -2.49. The largest absolute Gasteiger partial charge is 0.445 e. The molecule has 0 radical (unpaired) electrons. The van der Waals surface area contributed by atoms with Crippen LogP contribution in [0.4, 0.5) is 22.2 Å². The van der Waals surface area contributed by atoms with Crippen molar-refractivity contribution in [3.63, 3.8) is 0 Å². The molecule has 2 saturated heterocycles. The monoisotopic (exact) mass is 565 g/mol. The molecule has 1 aromatic heterocycles. The van der Waals surface area contributed by atoms with E-state index in [-0.39, 0.29) is 18.6 Å². The van der Waals surface area contributed by atoms with Crippen molar-refractivity contribution >= 4 is 40.2 Å². The van der Waals surface area contributed by atoms with Crippen molar-refractivity contribution in [2.24, 2.45) is 0 Å². The highest BCUT2D eigenvalue weighted by Crippen LogP contribution is 2.25. The molecule has 42 heavy (non-hydrogen) atoms. The molecule has 6 rings (SSSR count). The van der Waals surface area contributed by atoms with Crippen molar-refractivity contribution in [2.75, 3.05) is 74.5 Å². The first-order chi connectivity index (χ1) is 20.5. The molecule has 2 fully saturated rings. The second-order valence-electron chi connectivity index (χ2n) is 10.7. The number of amides is 2. The van der Waals surface area contributed by atoms with Crippen LogP contribution in [0.1, 0.15) is 16.1 Å². The number of carbonyl (C=O) groups excluding carboxylic acids is 2. The molecule has 3 aromatic carbocycles. The quantitative estimate of drug-likeness (QED) is 0.374. The Morgan fingerprint density at radius 2 is 1.48 bits per heavy atom. The minimum atomic E-state index is -0.325. The molecule has 0 bridgehead atoms. The van der Waals surface area contributed by atoms with Crippen molar-refractivity contribution in [1.29, 1.82) is 0 Å². The van der Waals surface area contributed by atoms with Crippen LogP contribution in [0.25, 0.3) is 10.8 Å². The topological polar surface area (TPSA) is 94.1 Å². The Kier molecular flexibility index (Phi) is 8.14. The van der Waals surface area contributed by atoms with Gasteiger partial charge in [-0.1, -0.05) is 66.7 Å². The number of hydrogen-bond acceptors (Lipinski definition) is 8. The van der Waals surface area contributed by atoms with Crippen LogP contribution in [-0.2, 0) is 11.3 Å². The third-order valence-electron chi connectivity index (χ3n) is 7.82. The summed E-state index contributed by atoms with van der Waals surface area (Å²) in [5.41, 5.74) is 2.00. The first-order valence-corrected chi connectivity index (χ1v) is 14.4. The predicted octanol–water partition coefficient (Wildman–Crippen LogP) is 4.09. The maximum Gasteiger partial charge on any atom is 0.410 e. The Hall–Kier alpha value is -4.70. The van der Waals surface area contributed by atoms with E-state index in [1.54, 1.807) is 11.0 Å². The summed E-state index contributed by atoms with van der Waals surface area (Å²) in [6, 6.07) is 25.2. The van der Waals surface area contributed by atoms with Gasteiger partial charge < -0.3 is 29.7 Å². The van der Waals surface area contributed by atoms with Crippen LogP contribution in [0, 0.1) is 0 Å². The van der Waals surface area contributed by atoms with Crippen molar-refractivity contribution in [3.8, 4) is 0 Å². The molecule has 10 nitrogen and oxygen atoms in total. The van der Waals surface area contributed by atoms with E-state index in [9.17, 15) is 9.59 Å². The highest BCUT2D eigenvalue weighted by molar-refractivity contribution is 6.08. The Labute approximate surface area is 245 Å². The number of hydrogen-bond donors (Lipinski definition) is 1. The van der Waals surface area contributed by atoms with Crippen LogP contribution in [0.3, 0.4) is 0 Å². The molecule has 2 aliphatic heterocycles. The third kappa shape index (κ3) is 6.28. The number of aromatic nitrogens is 2. The molecule has 4 aromatic rings. The summed E-state index contributed by atoms with van der Waals surface area (Å²) in [4.78, 5) is 44.2. The molecule has 0 saturated carbocycles. The number of fused-ring (bicyclic) bond motifs is 1. The highest BCUT2D eigenvalue weighted by Gasteiger charge is 2.26. The Morgan fingerprint density at radius 1 is 0.786 bits per heavy atom. The zero-order valence-electron chi connectivity index (χ0n) is 23.8. The molecule has 2 aliphatic rings. The van der Waals surface area contributed by atoms with Gasteiger partial charge in [-0.3, -0.25) is 4.79 Å². The van der Waals surface area contributed by atoms with E-state index >= 15 is 0 Å². The van der Waals surface area contributed by atoms with Crippen LogP contribution < -0.4 is 15.1 Å². The van der Waals surface area contributed by atoms with Gasteiger partial charge in [-0.25, -0.2) is 9.78 Å². The highest BCUT2D eigenvalue weighted by atomic mass is 16.6. The van der Waals surface area contributed by atoms with Gasteiger partial charge in [-0.15, -0.1) is 0 Å². The lowest BCUT2D eigenvalue weighted by Gasteiger charge is -2.36. The predicted molar refractivity (Wildman–Crippen MR) is 164 cm³/mol. The SMILES string of the molecule is CN1CCN(c2nc(C(=O)Nc3cccc4ccccc34)cc(N3CCN(C(=O)OCc4ccccc4)CC3)n2)CC1. The molecule has 0 unspecified atom stereocenters. The number of carbonyl (C=O) groups is 2. The second kappa shape index (κ2) is 12.4. The maximum atomic E-state index is 13.6. The fourth-order valence-corrected chi connectivity index (χ4v) is 5.30. The average molecular weight is 566 g/mol. The number of benzene rings is 3. The number of rotatable bonds is 6. The lowest BCUT2D eigenvalue weighted by molar-refractivity contribution is 0.0941. The number of anilines is 3. The van der Waals surface area contributed by atoms with Gasteiger partial charge in [0, 0.05) is 69.5 Å². The first-order valence-electron chi connectivity index (χ1n) is 14.4. The summed E-state index contributed by atoms with van der Waals surface area (Å²) in [6.07, 6.45) is -0.325. The van der Waals surface area contributed by atoms with Crippen LogP contribution in [0.2, 0.25) is 0 Å². The average Bonchev–Trinajstić information content (AvgIpc) is 3.04. The standard InChI is InChI=1S/C32H35N7O3/c1-36-14-16-38(17-15-36)31-34-28(30(40)33-27-13-7-11-25-10-5-6-12-26(25)27)22-29(35-31)37-18-20-39(21-19-37)32(41)42-23-24-8-3-2-4-9-24/h2-13,22H,14-21,23H2,1H3,(H,33,40). The number of nitrogens with one attached hydrogen (secondary N) is 1. The second-order valence-corrected chi connectivity index (χ2v) is 10.7. The van der Waals surface area contributed by atoms with E-state index in [2.05, 4.69) is 27.1 Å². The summed E-state index contributed by atoms with van der Waals surface area (Å²) in [7, 11) is 2.10. The number of ether oxygens (including phenoxy) is 1. The smallest absolute Gasteiger partial charge is 0.410 e.